The summed E-state index contributed by atoms with van der Waals surface area (Å²) in [5, 5.41) is 7.31. The van der Waals surface area contributed by atoms with E-state index in [1.165, 1.54) is 17.6 Å². The second-order valence-corrected chi connectivity index (χ2v) is 5.60. The van der Waals surface area contributed by atoms with E-state index in [-0.39, 0.29) is 5.82 Å². The zero-order valence-corrected chi connectivity index (χ0v) is 12.3. The number of halogens is 2. The van der Waals surface area contributed by atoms with Crippen molar-refractivity contribution in [1.29, 1.82) is 0 Å². The van der Waals surface area contributed by atoms with Crippen LogP contribution >= 0.6 is 27.5 Å². The highest BCUT2D eigenvalue weighted by Gasteiger charge is 2.14. The summed E-state index contributed by atoms with van der Waals surface area (Å²) in [6, 6.07) is 4.97. The lowest BCUT2D eigenvalue weighted by Gasteiger charge is -2.04. The highest BCUT2D eigenvalue weighted by atomic mass is 79.9. The molecular formula is C12H13BrFN3S. The topological polar surface area (TPSA) is 37.8 Å². The van der Waals surface area contributed by atoms with Gasteiger partial charge in [-0.15, -0.1) is 5.10 Å². The molecule has 3 nitrogen and oxygen atoms in total. The Morgan fingerprint density at radius 3 is 3.00 bits per heavy atom. The van der Waals surface area contributed by atoms with Crippen molar-refractivity contribution in [2.45, 2.75) is 19.9 Å². The van der Waals surface area contributed by atoms with Gasteiger partial charge in [-0.05, 0) is 42.7 Å². The summed E-state index contributed by atoms with van der Waals surface area (Å²) in [5.74, 6) is -0.284. The van der Waals surface area contributed by atoms with Crippen molar-refractivity contribution < 1.29 is 4.39 Å². The van der Waals surface area contributed by atoms with E-state index in [1.807, 2.05) is 0 Å². The monoisotopic (exact) mass is 329 g/mol. The second kappa shape index (κ2) is 6.36. The Bertz CT molecular complexity index is 530. The number of nitrogens with one attached hydrogen (secondary N) is 1. The van der Waals surface area contributed by atoms with Crippen LogP contribution < -0.4 is 5.32 Å². The van der Waals surface area contributed by atoms with E-state index in [4.69, 9.17) is 0 Å². The molecule has 0 aliphatic heterocycles. The molecule has 0 aliphatic rings. The minimum Gasteiger partial charge on any atom is -0.312 e. The minimum atomic E-state index is -0.284. The molecule has 2 aromatic rings. The average Bonchev–Trinajstić information content (AvgIpc) is 2.78. The summed E-state index contributed by atoms with van der Waals surface area (Å²) in [6.45, 7) is 3.71. The molecule has 18 heavy (non-hydrogen) atoms. The molecule has 6 heteroatoms. The SMILES string of the molecule is CCCNCc1snnc1-c1ccc(Br)cc1F. The molecule has 0 radical (unpaired) electrons. The fourth-order valence-electron chi connectivity index (χ4n) is 1.59. The molecule has 0 saturated carbocycles. The molecule has 0 fully saturated rings. The maximum atomic E-state index is 13.9. The Balaban J connectivity index is 2.25. The van der Waals surface area contributed by atoms with Crippen molar-refractivity contribution in [3.05, 3.63) is 33.4 Å². The van der Waals surface area contributed by atoms with Gasteiger partial charge in [0.1, 0.15) is 11.5 Å². The highest BCUT2D eigenvalue weighted by Crippen LogP contribution is 2.28. The fourth-order valence-corrected chi connectivity index (χ4v) is 2.55. The van der Waals surface area contributed by atoms with Crippen molar-refractivity contribution in [2.24, 2.45) is 0 Å². The van der Waals surface area contributed by atoms with E-state index >= 15 is 0 Å². The predicted octanol–water partition coefficient (Wildman–Crippen LogP) is 3.61. The van der Waals surface area contributed by atoms with Crippen molar-refractivity contribution >= 4 is 27.5 Å². The maximum absolute atomic E-state index is 13.9. The molecule has 2 rings (SSSR count). The van der Waals surface area contributed by atoms with Crippen molar-refractivity contribution in [3.63, 3.8) is 0 Å². The van der Waals surface area contributed by atoms with Gasteiger partial charge in [-0.3, -0.25) is 0 Å². The normalized spacial score (nSPS) is 10.8. The molecule has 1 heterocycles. The summed E-state index contributed by atoms with van der Waals surface area (Å²) in [4.78, 5) is 0.963. The first kappa shape index (κ1) is 13.6. The first-order valence-electron chi connectivity index (χ1n) is 5.69. The largest absolute Gasteiger partial charge is 0.312 e. The zero-order chi connectivity index (χ0) is 13.0. The van der Waals surface area contributed by atoms with Crippen LogP contribution in [0.1, 0.15) is 18.2 Å². The lowest BCUT2D eigenvalue weighted by atomic mass is 10.1. The van der Waals surface area contributed by atoms with E-state index in [0.717, 1.165) is 22.3 Å². The van der Waals surface area contributed by atoms with E-state index < -0.39 is 0 Å². The number of rotatable bonds is 5. The van der Waals surface area contributed by atoms with Crippen LogP contribution in [0.3, 0.4) is 0 Å². The summed E-state index contributed by atoms with van der Waals surface area (Å²) >= 11 is 4.55. The number of hydrogen-bond acceptors (Lipinski definition) is 4. The Labute approximate surface area is 118 Å². The van der Waals surface area contributed by atoms with Gasteiger partial charge in [0.25, 0.3) is 0 Å². The average molecular weight is 330 g/mol. The van der Waals surface area contributed by atoms with Crippen LogP contribution in [0.2, 0.25) is 0 Å². The lowest BCUT2D eigenvalue weighted by molar-refractivity contribution is 0.629. The molecule has 0 spiro atoms. The molecule has 0 aliphatic carbocycles. The lowest BCUT2D eigenvalue weighted by Crippen LogP contribution is -2.13. The molecule has 0 atom stereocenters. The number of aromatic nitrogens is 2. The fraction of sp³-hybridized carbons (Fsp3) is 0.333. The zero-order valence-electron chi connectivity index (χ0n) is 9.91. The maximum Gasteiger partial charge on any atom is 0.133 e. The first-order valence-corrected chi connectivity index (χ1v) is 7.26. The molecular weight excluding hydrogens is 317 g/mol. The third-order valence-corrected chi connectivity index (χ3v) is 3.67. The van der Waals surface area contributed by atoms with Crippen LogP contribution in [0.5, 0.6) is 0 Å². The van der Waals surface area contributed by atoms with Gasteiger partial charge < -0.3 is 5.32 Å². The Morgan fingerprint density at radius 1 is 1.44 bits per heavy atom. The summed E-state index contributed by atoms with van der Waals surface area (Å²) in [6.07, 6.45) is 1.06. The van der Waals surface area contributed by atoms with Crippen LogP contribution in [0, 0.1) is 5.82 Å². The third kappa shape index (κ3) is 3.13. The first-order chi connectivity index (χ1) is 8.72. The molecule has 96 valence electrons. The molecule has 0 saturated heterocycles. The molecule has 0 unspecified atom stereocenters. The van der Waals surface area contributed by atoms with Crippen LogP contribution in [-0.2, 0) is 6.54 Å². The van der Waals surface area contributed by atoms with Crippen molar-refractivity contribution in [2.75, 3.05) is 6.54 Å². The Kier molecular flexibility index (Phi) is 4.79. The van der Waals surface area contributed by atoms with Gasteiger partial charge in [0.15, 0.2) is 0 Å². The van der Waals surface area contributed by atoms with Gasteiger partial charge in [-0.25, -0.2) is 4.39 Å². The molecule has 1 aromatic heterocycles. The third-order valence-electron chi connectivity index (χ3n) is 2.45. The van der Waals surface area contributed by atoms with E-state index in [0.29, 0.717) is 17.8 Å². The van der Waals surface area contributed by atoms with Gasteiger partial charge in [0.05, 0.1) is 4.88 Å². The van der Waals surface area contributed by atoms with Crippen LogP contribution in [0.15, 0.2) is 22.7 Å². The van der Waals surface area contributed by atoms with E-state index in [2.05, 4.69) is 37.8 Å². The second-order valence-electron chi connectivity index (χ2n) is 3.85. The van der Waals surface area contributed by atoms with Crippen molar-refractivity contribution in [3.8, 4) is 11.3 Å². The van der Waals surface area contributed by atoms with Crippen LogP contribution in [0.25, 0.3) is 11.3 Å². The molecule has 1 aromatic carbocycles. The van der Waals surface area contributed by atoms with Crippen LogP contribution in [0.4, 0.5) is 4.39 Å². The molecule has 1 N–H and O–H groups in total. The predicted molar refractivity (Wildman–Crippen MR) is 75.0 cm³/mol. The van der Waals surface area contributed by atoms with E-state index in [9.17, 15) is 4.39 Å². The van der Waals surface area contributed by atoms with Crippen LogP contribution in [-0.4, -0.2) is 16.1 Å². The number of hydrogen-bond donors (Lipinski definition) is 1. The Morgan fingerprint density at radius 2 is 2.28 bits per heavy atom. The van der Waals surface area contributed by atoms with Gasteiger partial charge in [-0.2, -0.15) is 0 Å². The molecule has 0 amide bonds. The highest BCUT2D eigenvalue weighted by molar-refractivity contribution is 9.10. The summed E-state index contributed by atoms with van der Waals surface area (Å²) in [5.41, 5.74) is 1.13. The summed E-state index contributed by atoms with van der Waals surface area (Å²) in [7, 11) is 0. The minimum absolute atomic E-state index is 0.284. The summed E-state index contributed by atoms with van der Waals surface area (Å²) < 4.78 is 18.5. The smallest absolute Gasteiger partial charge is 0.133 e. The van der Waals surface area contributed by atoms with Gasteiger partial charge in [0.2, 0.25) is 0 Å². The van der Waals surface area contributed by atoms with Gasteiger partial charge in [-0.1, -0.05) is 27.3 Å². The Hall–Kier alpha value is -0.850. The van der Waals surface area contributed by atoms with Crippen molar-refractivity contribution in [1.82, 2.24) is 14.9 Å². The number of nitrogens with zero attached hydrogens (tertiary/aromatic N) is 2. The standard InChI is InChI=1S/C12H13BrFN3S/c1-2-5-15-7-11-12(16-17-18-11)9-4-3-8(13)6-10(9)14/h3-4,6,15H,2,5,7H2,1H3. The van der Waals surface area contributed by atoms with Gasteiger partial charge >= 0.3 is 0 Å². The quantitative estimate of drug-likeness (QED) is 0.851. The van der Waals surface area contributed by atoms with E-state index in [1.54, 1.807) is 12.1 Å². The van der Waals surface area contributed by atoms with Gasteiger partial charge in [0, 0.05) is 16.6 Å². The number of benzene rings is 1. The molecule has 0 bridgehead atoms.